The molecule has 0 bridgehead atoms. The van der Waals surface area contributed by atoms with Crippen LogP contribution in [0.2, 0.25) is 0 Å². The van der Waals surface area contributed by atoms with Gasteiger partial charge in [-0.05, 0) is 11.3 Å². The van der Waals surface area contributed by atoms with Gasteiger partial charge in [-0.2, -0.15) is 0 Å². The molecular weight excluding hydrogens is 130 g/mol. The monoisotopic (exact) mass is 143 g/mol. The van der Waals surface area contributed by atoms with Crippen molar-refractivity contribution in [3.63, 3.8) is 0 Å². The molecular formula is C7H13NO2. The Bertz CT molecular complexity index is 165. The molecule has 2 atom stereocenters. The lowest BCUT2D eigenvalue weighted by molar-refractivity contribution is -0.120. The standard InChI is InChI=1S/C7H13NO2/c1-7(2)4(3-9)5(7)6(8)10/h4-5,9H,3H2,1-2H3,(H2,8,10). The van der Waals surface area contributed by atoms with E-state index in [4.69, 9.17) is 10.8 Å². The van der Waals surface area contributed by atoms with Crippen LogP contribution in [0, 0.1) is 17.3 Å². The van der Waals surface area contributed by atoms with E-state index in [1.165, 1.54) is 0 Å². The van der Waals surface area contributed by atoms with Crippen LogP contribution in [-0.2, 0) is 4.79 Å². The molecule has 0 heterocycles. The molecule has 0 aliphatic heterocycles. The summed E-state index contributed by atoms with van der Waals surface area (Å²) in [5.74, 6) is -0.313. The third-order valence-electron chi connectivity index (χ3n) is 2.55. The molecule has 2 unspecified atom stereocenters. The molecule has 1 amide bonds. The van der Waals surface area contributed by atoms with E-state index in [2.05, 4.69) is 0 Å². The van der Waals surface area contributed by atoms with Crippen molar-refractivity contribution in [3.05, 3.63) is 0 Å². The molecule has 58 valence electrons. The Morgan fingerprint density at radius 2 is 2.20 bits per heavy atom. The van der Waals surface area contributed by atoms with Crippen molar-refractivity contribution in [1.82, 2.24) is 0 Å². The maximum Gasteiger partial charge on any atom is 0.221 e. The lowest BCUT2D eigenvalue weighted by Crippen LogP contribution is -2.16. The van der Waals surface area contributed by atoms with Crippen molar-refractivity contribution in [2.24, 2.45) is 23.0 Å². The van der Waals surface area contributed by atoms with Crippen molar-refractivity contribution in [1.29, 1.82) is 0 Å². The van der Waals surface area contributed by atoms with E-state index >= 15 is 0 Å². The van der Waals surface area contributed by atoms with Crippen LogP contribution < -0.4 is 5.73 Å². The molecule has 10 heavy (non-hydrogen) atoms. The Kier molecular flexibility index (Phi) is 1.47. The van der Waals surface area contributed by atoms with Gasteiger partial charge in [-0.25, -0.2) is 0 Å². The van der Waals surface area contributed by atoms with Gasteiger partial charge in [-0.15, -0.1) is 0 Å². The zero-order valence-electron chi connectivity index (χ0n) is 6.29. The van der Waals surface area contributed by atoms with Crippen LogP contribution in [0.5, 0.6) is 0 Å². The van der Waals surface area contributed by atoms with Gasteiger partial charge in [0, 0.05) is 12.5 Å². The van der Waals surface area contributed by atoms with Gasteiger partial charge in [-0.3, -0.25) is 4.79 Å². The second-order valence-electron chi connectivity index (χ2n) is 3.49. The summed E-state index contributed by atoms with van der Waals surface area (Å²) in [5.41, 5.74) is 5.02. The van der Waals surface area contributed by atoms with Crippen molar-refractivity contribution in [3.8, 4) is 0 Å². The highest BCUT2D eigenvalue weighted by molar-refractivity contribution is 5.81. The number of carbonyl (C=O) groups is 1. The van der Waals surface area contributed by atoms with Crippen molar-refractivity contribution in [2.45, 2.75) is 13.8 Å². The van der Waals surface area contributed by atoms with Crippen molar-refractivity contribution >= 4 is 5.91 Å². The molecule has 0 radical (unpaired) electrons. The highest BCUT2D eigenvalue weighted by Gasteiger charge is 2.60. The van der Waals surface area contributed by atoms with Gasteiger partial charge in [0.25, 0.3) is 0 Å². The summed E-state index contributed by atoms with van der Waals surface area (Å²) in [6, 6.07) is 0. The first kappa shape index (κ1) is 7.54. The van der Waals surface area contributed by atoms with E-state index in [9.17, 15) is 4.79 Å². The van der Waals surface area contributed by atoms with E-state index < -0.39 is 0 Å². The summed E-state index contributed by atoms with van der Waals surface area (Å²) in [6.45, 7) is 3.97. The van der Waals surface area contributed by atoms with Crippen molar-refractivity contribution in [2.75, 3.05) is 6.61 Å². The smallest absolute Gasteiger partial charge is 0.221 e. The number of aliphatic hydroxyl groups excluding tert-OH is 1. The van der Waals surface area contributed by atoms with Crippen LogP contribution in [-0.4, -0.2) is 17.6 Å². The van der Waals surface area contributed by atoms with Crippen LogP contribution in [0.4, 0.5) is 0 Å². The largest absolute Gasteiger partial charge is 0.396 e. The average Bonchev–Trinajstić information content (AvgIpc) is 2.33. The number of nitrogens with two attached hydrogens (primary N) is 1. The van der Waals surface area contributed by atoms with Gasteiger partial charge in [0.2, 0.25) is 5.91 Å². The highest BCUT2D eigenvalue weighted by Crippen LogP contribution is 2.57. The minimum atomic E-state index is -0.288. The lowest BCUT2D eigenvalue weighted by Gasteiger charge is -1.96. The second kappa shape index (κ2) is 1.95. The molecule has 1 fully saturated rings. The van der Waals surface area contributed by atoms with E-state index in [-0.39, 0.29) is 29.8 Å². The van der Waals surface area contributed by atoms with E-state index in [0.29, 0.717) is 0 Å². The molecule has 0 aromatic rings. The number of hydrogen-bond acceptors (Lipinski definition) is 2. The first-order valence-corrected chi connectivity index (χ1v) is 3.42. The predicted octanol–water partition coefficient (Wildman–Crippen LogP) is -0.264. The van der Waals surface area contributed by atoms with E-state index in [1.807, 2.05) is 13.8 Å². The number of primary amides is 1. The first-order chi connectivity index (χ1) is 4.51. The summed E-state index contributed by atoms with van der Waals surface area (Å²) in [5, 5.41) is 8.75. The Morgan fingerprint density at radius 3 is 2.30 bits per heavy atom. The van der Waals surface area contributed by atoms with Gasteiger partial charge in [-0.1, -0.05) is 13.8 Å². The zero-order valence-corrected chi connectivity index (χ0v) is 6.29. The van der Waals surface area contributed by atoms with Crippen LogP contribution in [0.15, 0.2) is 0 Å². The number of carbonyl (C=O) groups excluding carboxylic acids is 1. The minimum absolute atomic E-state index is 0.0689. The Morgan fingerprint density at radius 1 is 1.70 bits per heavy atom. The maximum atomic E-state index is 10.7. The lowest BCUT2D eigenvalue weighted by atomic mass is 10.1. The molecule has 1 saturated carbocycles. The topological polar surface area (TPSA) is 63.3 Å². The summed E-state index contributed by atoms with van der Waals surface area (Å²) in [7, 11) is 0. The maximum absolute atomic E-state index is 10.7. The Labute approximate surface area is 60.2 Å². The molecule has 3 heteroatoms. The number of amides is 1. The third-order valence-corrected chi connectivity index (χ3v) is 2.55. The molecule has 0 saturated heterocycles. The van der Waals surface area contributed by atoms with Crippen LogP contribution in [0.3, 0.4) is 0 Å². The molecule has 0 aromatic heterocycles. The quantitative estimate of drug-likeness (QED) is 0.559. The summed E-state index contributed by atoms with van der Waals surface area (Å²) >= 11 is 0. The normalized spacial score (nSPS) is 35.5. The SMILES string of the molecule is CC1(C)C(CO)C1C(N)=O. The zero-order chi connectivity index (χ0) is 7.94. The fourth-order valence-corrected chi connectivity index (χ4v) is 1.65. The molecule has 1 aliphatic carbocycles. The average molecular weight is 143 g/mol. The first-order valence-electron chi connectivity index (χ1n) is 3.42. The molecule has 3 nitrogen and oxygen atoms in total. The van der Waals surface area contributed by atoms with Gasteiger partial charge in [0.1, 0.15) is 0 Å². The fourth-order valence-electron chi connectivity index (χ4n) is 1.65. The van der Waals surface area contributed by atoms with E-state index in [0.717, 1.165) is 0 Å². The van der Waals surface area contributed by atoms with Crippen LogP contribution >= 0.6 is 0 Å². The van der Waals surface area contributed by atoms with Gasteiger partial charge in [0.15, 0.2) is 0 Å². The highest BCUT2D eigenvalue weighted by atomic mass is 16.3. The Hall–Kier alpha value is -0.570. The van der Waals surface area contributed by atoms with Gasteiger partial charge < -0.3 is 10.8 Å². The third kappa shape index (κ3) is 0.814. The predicted molar refractivity (Wildman–Crippen MR) is 37.0 cm³/mol. The molecule has 1 rings (SSSR count). The van der Waals surface area contributed by atoms with Gasteiger partial charge >= 0.3 is 0 Å². The molecule has 0 spiro atoms. The molecule has 3 N–H and O–H groups in total. The summed E-state index contributed by atoms with van der Waals surface area (Å²) < 4.78 is 0. The number of hydrogen-bond donors (Lipinski definition) is 2. The molecule has 0 aromatic carbocycles. The van der Waals surface area contributed by atoms with Gasteiger partial charge in [0.05, 0.1) is 0 Å². The second-order valence-corrected chi connectivity index (χ2v) is 3.49. The summed E-state index contributed by atoms with van der Waals surface area (Å²) in [4.78, 5) is 10.7. The minimum Gasteiger partial charge on any atom is -0.396 e. The van der Waals surface area contributed by atoms with Crippen LogP contribution in [0.25, 0.3) is 0 Å². The Balaban J connectivity index is 2.61. The number of aliphatic hydroxyl groups is 1. The fraction of sp³-hybridized carbons (Fsp3) is 0.857. The summed E-state index contributed by atoms with van der Waals surface area (Å²) in [6.07, 6.45) is 0. The molecule has 1 aliphatic rings. The van der Waals surface area contributed by atoms with Crippen molar-refractivity contribution < 1.29 is 9.90 Å². The van der Waals surface area contributed by atoms with E-state index in [1.54, 1.807) is 0 Å². The number of rotatable bonds is 2. The van der Waals surface area contributed by atoms with Crippen LogP contribution in [0.1, 0.15) is 13.8 Å².